The summed E-state index contributed by atoms with van der Waals surface area (Å²) in [7, 11) is 0. The Kier molecular flexibility index (Phi) is 2.76. The number of carbonyl (C=O) groups is 1. The zero-order valence-electron chi connectivity index (χ0n) is 10.1. The largest absolute Gasteiger partial charge is 0.397 e. The van der Waals surface area contributed by atoms with Crippen molar-refractivity contribution in [1.82, 2.24) is 4.98 Å². The van der Waals surface area contributed by atoms with Crippen LogP contribution in [-0.4, -0.2) is 10.9 Å². The highest BCUT2D eigenvalue weighted by Crippen LogP contribution is 2.37. The van der Waals surface area contributed by atoms with Gasteiger partial charge in [-0.2, -0.15) is 0 Å². The first-order valence-corrected chi connectivity index (χ1v) is 7.31. The first-order valence-electron chi connectivity index (χ1n) is 5.61. The summed E-state index contributed by atoms with van der Waals surface area (Å²) in [6.45, 7) is 1.97. The number of hydrogen-bond donors (Lipinski definition) is 2. The lowest BCUT2D eigenvalue weighted by molar-refractivity contribution is 0.100. The number of carbonyl (C=O) groups excluding carboxylic acids is 1. The standard InChI is InChI=1S/C13H11N3OS2/c1-6-5-7(8-3-2-4-18-8)16-13-9(6)10(14)11(19-13)12(15)17/h2-5H,14H2,1H3,(H2,15,17). The number of anilines is 1. The van der Waals surface area contributed by atoms with Crippen LogP contribution in [0.5, 0.6) is 0 Å². The smallest absolute Gasteiger partial charge is 0.260 e. The van der Waals surface area contributed by atoms with E-state index in [2.05, 4.69) is 4.98 Å². The lowest BCUT2D eigenvalue weighted by Crippen LogP contribution is -2.10. The first-order chi connectivity index (χ1) is 9.08. The lowest BCUT2D eigenvalue weighted by atomic mass is 10.1. The number of thiophene rings is 2. The maximum absolute atomic E-state index is 11.3. The van der Waals surface area contributed by atoms with Crippen LogP contribution in [0.2, 0.25) is 0 Å². The van der Waals surface area contributed by atoms with Crippen LogP contribution in [0.25, 0.3) is 20.8 Å². The van der Waals surface area contributed by atoms with Gasteiger partial charge in [0.25, 0.3) is 5.91 Å². The maximum Gasteiger partial charge on any atom is 0.260 e. The van der Waals surface area contributed by atoms with Crippen molar-refractivity contribution in [2.24, 2.45) is 5.73 Å². The van der Waals surface area contributed by atoms with Crippen LogP contribution < -0.4 is 11.5 Å². The summed E-state index contributed by atoms with van der Waals surface area (Å²) in [5, 5.41) is 2.84. The molecule has 0 radical (unpaired) electrons. The van der Waals surface area contributed by atoms with Gasteiger partial charge >= 0.3 is 0 Å². The van der Waals surface area contributed by atoms with Gasteiger partial charge in [-0.3, -0.25) is 4.79 Å². The molecule has 0 unspecified atom stereocenters. The second kappa shape index (κ2) is 4.32. The predicted octanol–water partition coefficient (Wildman–Crippen LogP) is 3.01. The minimum Gasteiger partial charge on any atom is -0.397 e. The maximum atomic E-state index is 11.3. The molecule has 96 valence electrons. The van der Waals surface area contributed by atoms with Gasteiger partial charge in [0, 0.05) is 5.39 Å². The number of pyridine rings is 1. The fourth-order valence-corrected chi connectivity index (χ4v) is 3.75. The van der Waals surface area contributed by atoms with E-state index in [0.29, 0.717) is 10.6 Å². The van der Waals surface area contributed by atoms with Crippen LogP contribution in [0.4, 0.5) is 5.69 Å². The molecule has 3 aromatic heterocycles. The number of nitrogens with two attached hydrogens (primary N) is 2. The van der Waals surface area contributed by atoms with Crippen molar-refractivity contribution in [3.63, 3.8) is 0 Å². The normalized spacial score (nSPS) is 11.0. The molecule has 0 saturated heterocycles. The highest BCUT2D eigenvalue weighted by molar-refractivity contribution is 7.21. The minimum atomic E-state index is -0.502. The van der Waals surface area contributed by atoms with Crippen molar-refractivity contribution < 1.29 is 4.79 Å². The molecule has 6 heteroatoms. The Morgan fingerprint density at radius 1 is 1.42 bits per heavy atom. The Hall–Kier alpha value is -1.92. The first kappa shape index (κ1) is 12.1. The number of nitrogens with zero attached hydrogens (tertiary/aromatic N) is 1. The lowest BCUT2D eigenvalue weighted by Gasteiger charge is -2.02. The minimum absolute atomic E-state index is 0.383. The van der Waals surface area contributed by atoms with E-state index in [1.807, 2.05) is 30.5 Å². The summed E-state index contributed by atoms with van der Waals surface area (Å²) >= 11 is 2.88. The van der Waals surface area contributed by atoms with E-state index in [1.54, 1.807) is 11.3 Å². The number of hydrogen-bond acceptors (Lipinski definition) is 5. The monoisotopic (exact) mass is 289 g/mol. The summed E-state index contributed by atoms with van der Waals surface area (Å²) in [5.74, 6) is -0.502. The van der Waals surface area contributed by atoms with Gasteiger partial charge in [0.1, 0.15) is 9.71 Å². The van der Waals surface area contributed by atoms with E-state index in [0.717, 1.165) is 26.4 Å². The molecule has 0 aliphatic heterocycles. The third kappa shape index (κ3) is 1.89. The van der Waals surface area contributed by atoms with E-state index >= 15 is 0 Å². The summed E-state index contributed by atoms with van der Waals surface area (Å²) in [5.41, 5.74) is 13.7. The van der Waals surface area contributed by atoms with E-state index in [4.69, 9.17) is 11.5 Å². The molecule has 3 rings (SSSR count). The number of primary amides is 1. The Morgan fingerprint density at radius 2 is 2.21 bits per heavy atom. The topological polar surface area (TPSA) is 82.0 Å². The molecule has 0 aliphatic rings. The number of nitrogen functional groups attached to an aromatic ring is 1. The van der Waals surface area contributed by atoms with Crippen LogP contribution in [0.3, 0.4) is 0 Å². The molecule has 4 nitrogen and oxygen atoms in total. The molecule has 0 aromatic carbocycles. The van der Waals surface area contributed by atoms with Gasteiger partial charge < -0.3 is 11.5 Å². The highest BCUT2D eigenvalue weighted by atomic mass is 32.1. The van der Waals surface area contributed by atoms with Gasteiger partial charge in [-0.25, -0.2) is 4.98 Å². The predicted molar refractivity (Wildman–Crippen MR) is 80.6 cm³/mol. The molecule has 0 bridgehead atoms. The molecule has 0 aliphatic carbocycles. The molecule has 0 saturated carbocycles. The quantitative estimate of drug-likeness (QED) is 0.760. The van der Waals surface area contributed by atoms with Gasteiger partial charge in [-0.05, 0) is 30.0 Å². The van der Waals surface area contributed by atoms with Crippen molar-refractivity contribution in [3.8, 4) is 10.6 Å². The highest BCUT2D eigenvalue weighted by Gasteiger charge is 2.17. The number of aryl methyl sites for hydroxylation is 1. The van der Waals surface area contributed by atoms with Crippen LogP contribution in [-0.2, 0) is 0 Å². The third-order valence-corrected chi connectivity index (χ3v) is 4.90. The molecule has 0 atom stereocenters. The molecule has 19 heavy (non-hydrogen) atoms. The fourth-order valence-electron chi connectivity index (χ4n) is 2.04. The van der Waals surface area contributed by atoms with Crippen LogP contribution in [0.1, 0.15) is 15.2 Å². The van der Waals surface area contributed by atoms with E-state index in [9.17, 15) is 4.79 Å². The number of aromatic nitrogens is 1. The van der Waals surface area contributed by atoms with Gasteiger partial charge in [-0.15, -0.1) is 22.7 Å². The van der Waals surface area contributed by atoms with E-state index in [-0.39, 0.29) is 0 Å². The zero-order valence-corrected chi connectivity index (χ0v) is 11.8. The van der Waals surface area contributed by atoms with Crippen molar-refractivity contribution in [1.29, 1.82) is 0 Å². The third-order valence-electron chi connectivity index (χ3n) is 2.89. The average Bonchev–Trinajstić information content (AvgIpc) is 2.96. The molecule has 0 fully saturated rings. The molecule has 3 aromatic rings. The van der Waals surface area contributed by atoms with Crippen molar-refractivity contribution in [3.05, 3.63) is 34.0 Å². The zero-order chi connectivity index (χ0) is 13.6. The van der Waals surface area contributed by atoms with Gasteiger partial charge in [0.15, 0.2) is 0 Å². The summed E-state index contributed by atoms with van der Waals surface area (Å²) in [6, 6.07) is 5.99. The molecular formula is C13H11N3OS2. The summed E-state index contributed by atoms with van der Waals surface area (Å²) in [4.78, 5) is 18.2. The molecule has 3 heterocycles. The Labute approximate surface area is 117 Å². The van der Waals surface area contributed by atoms with Gasteiger partial charge in [0.2, 0.25) is 0 Å². The number of amides is 1. The van der Waals surface area contributed by atoms with Crippen LogP contribution >= 0.6 is 22.7 Å². The van der Waals surface area contributed by atoms with Crippen molar-refractivity contribution in [2.45, 2.75) is 6.92 Å². The van der Waals surface area contributed by atoms with Crippen LogP contribution in [0.15, 0.2) is 23.6 Å². The second-order valence-corrected chi connectivity index (χ2v) is 6.14. The van der Waals surface area contributed by atoms with E-state index < -0.39 is 5.91 Å². The molecule has 4 N–H and O–H groups in total. The molecular weight excluding hydrogens is 278 g/mol. The summed E-state index contributed by atoms with van der Waals surface area (Å²) in [6.07, 6.45) is 0. The molecule has 1 amide bonds. The Bertz CT molecular complexity index is 775. The van der Waals surface area contributed by atoms with Crippen LogP contribution in [0, 0.1) is 6.92 Å². The average molecular weight is 289 g/mol. The summed E-state index contributed by atoms with van der Waals surface area (Å²) < 4.78 is 0. The molecule has 0 spiro atoms. The van der Waals surface area contributed by atoms with Crippen molar-refractivity contribution in [2.75, 3.05) is 5.73 Å². The van der Waals surface area contributed by atoms with Crippen molar-refractivity contribution >= 4 is 44.5 Å². The Balaban J connectivity index is 2.30. The fraction of sp³-hybridized carbons (Fsp3) is 0.0769. The van der Waals surface area contributed by atoms with Gasteiger partial charge in [0.05, 0.1) is 16.3 Å². The SMILES string of the molecule is Cc1cc(-c2cccs2)nc2sc(C(N)=O)c(N)c12. The van der Waals surface area contributed by atoms with E-state index in [1.165, 1.54) is 11.3 Å². The number of rotatable bonds is 2. The van der Waals surface area contributed by atoms with Gasteiger partial charge in [-0.1, -0.05) is 6.07 Å². The Morgan fingerprint density at radius 3 is 2.84 bits per heavy atom. The number of fused-ring (bicyclic) bond motifs is 1. The second-order valence-electron chi connectivity index (χ2n) is 4.19.